The molecule has 0 spiro atoms. The minimum atomic E-state index is -0.149. The first-order chi connectivity index (χ1) is 9.19. The molecule has 0 radical (unpaired) electrons. The second-order valence-electron chi connectivity index (χ2n) is 4.75. The normalized spacial score (nSPS) is 12.6. The highest BCUT2D eigenvalue weighted by Gasteiger charge is 2.11. The average Bonchev–Trinajstić information content (AvgIpc) is 2.80. The zero-order valence-electron chi connectivity index (χ0n) is 10.9. The monoisotopic (exact) mass is 341 g/mol. The molecule has 19 heavy (non-hydrogen) atoms. The number of nitrogens with zero attached hydrogens (tertiary/aromatic N) is 1. The van der Waals surface area contributed by atoms with Crippen LogP contribution in [0.2, 0.25) is 0 Å². The van der Waals surface area contributed by atoms with Crippen LogP contribution in [0.15, 0.2) is 29.8 Å². The Bertz CT molecular complexity index is 526. The van der Waals surface area contributed by atoms with Gasteiger partial charge in [0.25, 0.3) is 0 Å². The molecule has 0 saturated carbocycles. The average molecular weight is 342 g/mol. The number of rotatable bonds is 6. The number of halogens is 2. The molecule has 0 bridgehead atoms. The number of benzene rings is 1. The summed E-state index contributed by atoms with van der Waals surface area (Å²) in [6.07, 6.45) is 3.08. The SMILES string of the molecule is Cc1ncsc1CCC(CBr)Cc1cccc(F)c1. The first kappa shape index (κ1) is 14.7. The van der Waals surface area contributed by atoms with Crippen molar-refractivity contribution in [2.75, 3.05) is 5.33 Å². The molecule has 0 aliphatic heterocycles. The van der Waals surface area contributed by atoms with Crippen LogP contribution in [0.1, 0.15) is 22.6 Å². The summed E-state index contributed by atoms with van der Waals surface area (Å²) in [5, 5.41) is 0.946. The lowest BCUT2D eigenvalue weighted by Crippen LogP contribution is -2.08. The quantitative estimate of drug-likeness (QED) is 0.689. The van der Waals surface area contributed by atoms with E-state index in [4.69, 9.17) is 0 Å². The van der Waals surface area contributed by atoms with Gasteiger partial charge in [0, 0.05) is 10.2 Å². The van der Waals surface area contributed by atoms with Crippen LogP contribution in [0.3, 0.4) is 0 Å². The molecule has 2 aromatic rings. The third-order valence-electron chi connectivity index (χ3n) is 3.26. The minimum Gasteiger partial charge on any atom is -0.250 e. The van der Waals surface area contributed by atoms with Crippen molar-refractivity contribution in [3.63, 3.8) is 0 Å². The summed E-state index contributed by atoms with van der Waals surface area (Å²) >= 11 is 5.29. The molecule has 1 atom stereocenters. The summed E-state index contributed by atoms with van der Waals surface area (Å²) in [4.78, 5) is 5.64. The molecule has 2 rings (SSSR count). The molecular formula is C15H17BrFNS. The summed E-state index contributed by atoms with van der Waals surface area (Å²) in [7, 11) is 0. The Morgan fingerprint density at radius 2 is 2.26 bits per heavy atom. The third kappa shape index (κ3) is 4.39. The van der Waals surface area contributed by atoms with Crippen molar-refractivity contribution < 1.29 is 4.39 Å². The predicted octanol–water partition coefficient (Wildman–Crippen LogP) is 4.78. The standard InChI is InChI=1S/C15H17BrFNS/c1-11-15(19-10-18-11)6-5-13(9-16)7-12-3-2-4-14(17)8-12/h2-4,8,10,13H,5-7,9H2,1H3. The topological polar surface area (TPSA) is 12.9 Å². The van der Waals surface area contributed by atoms with E-state index in [1.54, 1.807) is 23.5 Å². The van der Waals surface area contributed by atoms with Crippen molar-refractivity contribution in [3.05, 3.63) is 51.7 Å². The van der Waals surface area contributed by atoms with Gasteiger partial charge in [-0.25, -0.2) is 9.37 Å². The lowest BCUT2D eigenvalue weighted by Gasteiger charge is -2.13. The van der Waals surface area contributed by atoms with E-state index in [2.05, 4.69) is 27.8 Å². The Balaban J connectivity index is 1.92. The Hall–Kier alpha value is -0.740. The lowest BCUT2D eigenvalue weighted by atomic mass is 9.96. The highest BCUT2D eigenvalue weighted by molar-refractivity contribution is 9.09. The van der Waals surface area contributed by atoms with Crippen LogP contribution in [0.4, 0.5) is 4.39 Å². The Morgan fingerprint density at radius 3 is 2.89 bits per heavy atom. The van der Waals surface area contributed by atoms with Gasteiger partial charge in [0.1, 0.15) is 5.82 Å². The van der Waals surface area contributed by atoms with E-state index in [-0.39, 0.29) is 5.82 Å². The third-order valence-corrected chi connectivity index (χ3v) is 5.17. The Morgan fingerprint density at radius 1 is 1.42 bits per heavy atom. The molecule has 1 aromatic heterocycles. The molecule has 1 aromatic carbocycles. The summed E-state index contributed by atoms with van der Waals surface area (Å²) in [6, 6.07) is 6.90. The van der Waals surface area contributed by atoms with Gasteiger partial charge >= 0.3 is 0 Å². The van der Waals surface area contributed by atoms with Crippen molar-refractivity contribution in [3.8, 4) is 0 Å². The fraction of sp³-hybridized carbons (Fsp3) is 0.400. The first-order valence-corrected chi connectivity index (χ1v) is 8.38. The van der Waals surface area contributed by atoms with E-state index in [0.29, 0.717) is 5.92 Å². The summed E-state index contributed by atoms with van der Waals surface area (Å²) < 4.78 is 13.2. The van der Waals surface area contributed by atoms with E-state index in [0.717, 1.165) is 35.8 Å². The molecule has 0 amide bonds. The number of hydrogen-bond donors (Lipinski definition) is 0. The zero-order valence-corrected chi connectivity index (χ0v) is 13.3. The van der Waals surface area contributed by atoms with Crippen LogP contribution < -0.4 is 0 Å². The van der Waals surface area contributed by atoms with Crippen LogP contribution in [-0.2, 0) is 12.8 Å². The summed E-state index contributed by atoms with van der Waals surface area (Å²) in [6.45, 7) is 2.06. The van der Waals surface area contributed by atoms with Gasteiger partial charge in [-0.15, -0.1) is 11.3 Å². The molecular weight excluding hydrogens is 325 g/mol. The van der Waals surface area contributed by atoms with E-state index in [1.165, 1.54) is 10.9 Å². The van der Waals surface area contributed by atoms with Crippen molar-refractivity contribution in [2.45, 2.75) is 26.2 Å². The van der Waals surface area contributed by atoms with Gasteiger partial charge in [0.2, 0.25) is 0 Å². The van der Waals surface area contributed by atoms with Crippen LogP contribution in [-0.4, -0.2) is 10.3 Å². The number of hydrogen-bond acceptors (Lipinski definition) is 2. The molecule has 1 unspecified atom stereocenters. The van der Waals surface area contributed by atoms with Gasteiger partial charge in [-0.3, -0.25) is 0 Å². The molecule has 0 saturated heterocycles. The van der Waals surface area contributed by atoms with Crippen molar-refractivity contribution >= 4 is 27.3 Å². The smallest absolute Gasteiger partial charge is 0.123 e. The molecule has 0 N–H and O–H groups in total. The fourth-order valence-corrected chi connectivity index (χ4v) is 3.48. The van der Waals surface area contributed by atoms with Crippen LogP contribution in [0.5, 0.6) is 0 Å². The van der Waals surface area contributed by atoms with E-state index < -0.39 is 0 Å². The fourth-order valence-electron chi connectivity index (χ4n) is 2.13. The highest BCUT2D eigenvalue weighted by Crippen LogP contribution is 2.21. The van der Waals surface area contributed by atoms with E-state index in [9.17, 15) is 4.39 Å². The van der Waals surface area contributed by atoms with E-state index >= 15 is 0 Å². The highest BCUT2D eigenvalue weighted by atomic mass is 79.9. The number of aryl methyl sites for hydroxylation is 2. The van der Waals surface area contributed by atoms with E-state index in [1.807, 2.05) is 11.6 Å². The summed E-state index contributed by atoms with van der Waals surface area (Å²) in [5.74, 6) is 0.382. The molecule has 0 fully saturated rings. The van der Waals surface area contributed by atoms with Crippen molar-refractivity contribution in [1.29, 1.82) is 0 Å². The number of alkyl halides is 1. The zero-order chi connectivity index (χ0) is 13.7. The second-order valence-corrected chi connectivity index (χ2v) is 6.34. The van der Waals surface area contributed by atoms with Crippen molar-refractivity contribution in [2.24, 2.45) is 5.92 Å². The van der Waals surface area contributed by atoms with Gasteiger partial charge in [-0.1, -0.05) is 28.1 Å². The number of aromatic nitrogens is 1. The maximum Gasteiger partial charge on any atom is 0.123 e. The largest absolute Gasteiger partial charge is 0.250 e. The van der Waals surface area contributed by atoms with Crippen LogP contribution in [0.25, 0.3) is 0 Å². The van der Waals surface area contributed by atoms with Gasteiger partial charge in [-0.2, -0.15) is 0 Å². The minimum absolute atomic E-state index is 0.149. The lowest BCUT2D eigenvalue weighted by molar-refractivity contribution is 0.540. The molecule has 0 aliphatic carbocycles. The van der Waals surface area contributed by atoms with Crippen LogP contribution in [0, 0.1) is 18.7 Å². The Labute approximate surface area is 126 Å². The summed E-state index contributed by atoms with van der Waals surface area (Å²) in [5.41, 5.74) is 4.12. The molecule has 1 nitrogen and oxygen atoms in total. The van der Waals surface area contributed by atoms with Gasteiger partial charge in [0.05, 0.1) is 11.2 Å². The van der Waals surface area contributed by atoms with Gasteiger partial charge < -0.3 is 0 Å². The molecule has 102 valence electrons. The Kier molecular flexibility index (Phi) is 5.52. The van der Waals surface area contributed by atoms with Crippen LogP contribution >= 0.6 is 27.3 Å². The van der Waals surface area contributed by atoms with Gasteiger partial charge in [-0.05, 0) is 49.8 Å². The second kappa shape index (κ2) is 7.15. The molecule has 1 heterocycles. The maximum atomic E-state index is 13.2. The first-order valence-electron chi connectivity index (χ1n) is 6.38. The predicted molar refractivity (Wildman–Crippen MR) is 82.6 cm³/mol. The maximum absolute atomic E-state index is 13.2. The van der Waals surface area contributed by atoms with Crippen molar-refractivity contribution in [1.82, 2.24) is 4.98 Å². The molecule has 0 aliphatic rings. The number of thiazole rings is 1. The van der Waals surface area contributed by atoms with Gasteiger partial charge in [0.15, 0.2) is 0 Å². The molecule has 4 heteroatoms.